The lowest BCUT2D eigenvalue weighted by atomic mass is 10.0. The summed E-state index contributed by atoms with van der Waals surface area (Å²) in [4.78, 5) is 22.6. The van der Waals surface area contributed by atoms with Crippen molar-refractivity contribution in [1.29, 1.82) is 0 Å². The standard InChI is InChI=1S/C11H15NO5S/c1-11(16,4-9(13)14)6-12-10(15)8-3-7(17-2)5-18-8/h3,5,16H,4,6H2,1-2H3,(H,12,15)(H,13,14). The number of amides is 1. The van der Waals surface area contributed by atoms with Crippen molar-refractivity contribution in [1.82, 2.24) is 5.32 Å². The quantitative estimate of drug-likeness (QED) is 0.709. The summed E-state index contributed by atoms with van der Waals surface area (Å²) in [5, 5.41) is 22.5. The first kappa shape index (κ1) is 14.5. The second-order valence-electron chi connectivity index (χ2n) is 4.10. The molecule has 0 saturated carbocycles. The van der Waals surface area contributed by atoms with Crippen molar-refractivity contribution in [2.75, 3.05) is 13.7 Å². The van der Waals surface area contributed by atoms with E-state index in [1.165, 1.54) is 25.4 Å². The highest BCUT2D eigenvalue weighted by Gasteiger charge is 2.25. The van der Waals surface area contributed by atoms with Crippen LogP contribution in [0.2, 0.25) is 0 Å². The Balaban J connectivity index is 2.53. The van der Waals surface area contributed by atoms with Crippen molar-refractivity contribution in [3.63, 3.8) is 0 Å². The lowest BCUT2D eigenvalue weighted by Crippen LogP contribution is -2.41. The largest absolute Gasteiger partial charge is 0.496 e. The molecular weight excluding hydrogens is 258 g/mol. The summed E-state index contributed by atoms with van der Waals surface area (Å²) in [5.41, 5.74) is -1.47. The van der Waals surface area contributed by atoms with Crippen LogP contribution in [0.15, 0.2) is 11.4 Å². The molecule has 3 N–H and O–H groups in total. The SMILES string of the molecule is COc1csc(C(=O)NCC(C)(O)CC(=O)O)c1. The van der Waals surface area contributed by atoms with Crippen LogP contribution in [0.4, 0.5) is 0 Å². The van der Waals surface area contributed by atoms with E-state index < -0.39 is 18.0 Å². The van der Waals surface area contributed by atoms with Crippen LogP contribution in [-0.2, 0) is 4.79 Å². The van der Waals surface area contributed by atoms with Gasteiger partial charge in [0.1, 0.15) is 5.75 Å². The zero-order chi connectivity index (χ0) is 13.8. The maximum atomic E-state index is 11.7. The van der Waals surface area contributed by atoms with Crippen molar-refractivity contribution in [3.8, 4) is 5.75 Å². The highest BCUT2D eigenvalue weighted by atomic mass is 32.1. The predicted octanol–water partition coefficient (Wildman–Crippen LogP) is 0.712. The minimum Gasteiger partial charge on any atom is -0.496 e. The molecule has 1 unspecified atom stereocenters. The second-order valence-corrected chi connectivity index (χ2v) is 5.01. The lowest BCUT2D eigenvalue weighted by Gasteiger charge is -2.21. The van der Waals surface area contributed by atoms with Gasteiger partial charge in [-0.25, -0.2) is 0 Å². The molecule has 1 aromatic heterocycles. The summed E-state index contributed by atoms with van der Waals surface area (Å²) < 4.78 is 4.95. The molecule has 1 atom stereocenters. The summed E-state index contributed by atoms with van der Waals surface area (Å²) >= 11 is 1.21. The van der Waals surface area contributed by atoms with Crippen LogP contribution in [0, 0.1) is 0 Å². The molecule has 0 aliphatic rings. The predicted molar refractivity (Wildman–Crippen MR) is 66.1 cm³/mol. The molecule has 0 spiro atoms. The minimum absolute atomic E-state index is 0.127. The van der Waals surface area contributed by atoms with E-state index in [1.807, 2.05) is 0 Å². The van der Waals surface area contributed by atoms with Crippen molar-refractivity contribution in [3.05, 3.63) is 16.3 Å². The lowest BCUT2D eigenvalue weighted by molar-refractivity contribution is -0.141. The Morgan fingerprint density at radius 2 is 2.22 bits per heavy atom. The van der Waals surface area contributed by atoms with E-state index in [4.69, 9.17) is 9.84 Å². The van der Waals surface area contributed by atoms with Crippen LogP contribution in [0.25, 0.3) is 0 Å². The van der Waals surface area contributed by atoms with Gasteiger partial charge in [0, 0.05) is 18.0 Å². The molecular formula is C11H15NO5S. The first-order valence-electron chi connectivity index (χ1n) is 5.19. The number of thiophene rings is 1. The zero-order valence-electron chi connectivity index (χ0n) is 10.1. The Morgan fingerprint density at radius 3 is 2.72 bits per heavy atom. The number of aliphatic carboxylic acids is 1. The van der Waals surface area contributed by atoms with Crippen LogP contribution in [-0.4, -0.2) is 41.3 Å². The molecule has 1 heterocycles. The van der Waals surface area contributed by atoms with E-state index in [2.05, 4.69) is 5.32 Å². The number of aliphatic hydroxyl groups is 1. The third-order valence-corrected chi connectivity index (χ3v) is 3.10. The Morgan fingerprint density at radius 1 is 1.56 bits per heavy atom. The van der Waals surface area contributed by atoms with Gasteiger partial charge in [0.15, 0.2) is 0 Å². The number of carbonyl (C=O) groups is 2. The fraction of sp³-hybridized carbons (Fsp3) is 0.455. The van der Waals surface area contributed by atoms with Gasteiger partial charge in [0.05, 0.1) is 24.0 Å². The molecule has 0 aromatic carbocycles. The van der Waals surface area contributed by atoms with E-state index in [0.29, 0.717) is 10.6 Å². The molecule has 1 aromatic rings. The van der Waals surface area contributed by atoms with Crippen LogP contribution in [0.5, 0.6) is 5.75 Å². The highest BCUT2D eigenvalue weighted by Crippen LogP contribution is 2.21. The van der Waals surface area contributed by atoms with Crippen LogP contribution in [0.1, 0.15) is 23.0 Å². The Kier molecular flexibility index (Phi) is 4.69. The van der Waals surface area contributed by atoms with Gasteiger partial charge in [-0.15, -0.1) is 11.3 Å². The van der Waals surface area contributed by atoms with Crippen molar-refractivity contribution in [2.45, 2.75) is 18.9 Å². The van der Waals surface area contributed by atoms with Crippen molar-refractivity contribution >= 4 is 23.2 Å². The number of carbonyl (C=O) groups excluding carboxylic acids is 1. The fourth-order valence-corrected chi connectivity index (χ4v) is 2.06. The van der Waals surface area contributed by atoms with E-state index >= 15 is 0 Å². The number of nitrogens with one attached hydrogen (secondary N) is 1. The Bertz CT molecular complexity index is 440. The van der Waals surface area contributed by atoms with Gasteiger partial charge >= 0.3 is 5.97 Å². The summed E-state index contributed by atoms with van der Waals surface area (Å²) in [6, 6.07) is 1.58. The Hall–Kier alpha value is -1.60. The first-order chi connectivity index (χ1) is 8.34. The molecule has 0 saturated heterocycles. The van der Waals surface area contributed by atoms with E-state index in [9.17, 15) is 14.7 Å². The van der Waals surface area contributed by atoms with Gasteiger partial charge in [-0.05, 0) is 6.92 Å². The van der Waals surface area contributed by atoms with Gasteiger partial charge in [-0.1, -0.05) is 0 Å². The highest BCUT2D eigenvalue weighted by molar-refractivity contribution is 7.12. The molecule has 0 aliphatic heterocycles. The van der Waals surface area contributed by atoms with Crippen molar-refractivity contribution in [2.24, 2.45) is 0 Å². The summed E-state index contributed by atoms with van der Waals surface area (Å²) in [6.45, 7) is 1.23. The van der Waals surface area contributed by atoms with Gasteiger partial charge in [0.25, 0.3) is 5.91 Å². The third-order valence-electron chi connectivity index (χ3n) is 2.20. The molecule has 0 fully saturated rings. The summed E-state index contributed by atoms with van der Waals surface area (Å²) in [5.74, 6) is -0.900. The Labute approximate surface area is 108 Å². The number of methoxy groups -OCH3 is 1. The van der Waals surface area contributed by atoms with Gasteiger partial charge in [-0.2, -0.15) is 0 Å². The molecule has 0 radical (unpaired) electrons. The van der Waals surface area contributed by atoms with Crippen molar-refractivity contribution < 1.29 is 24.5 Å². The number of hydrogen-bond donors (Lipinski definition) is 3. The molecule has 1 amide bonds. The third kappa shape index (κ3) is 4.34. The second kappa shape index (κ2) is 5.83. The molecule has 18 heavy (non-hydrogen) atoms. The average Bonchev–Trinajstić information content (AvgIpc) is 2.72. The number of rotatable bonds is 6. The monoisotopic (exact) mass is 273 g/mol. The zero-order valence-corrected chi connectivity index (χ0v) is 10.9. The molecule has 0 aliphatic carbocycles. The number of hydrogen-bond acceptors (Lipinski definition) is 5. The molecule has 7 heteroatoms. The maximum absolute atomic E-state index is 11.7. The average molecular weight is 273 g/mol. The van der Waals surface area contributed by atoms with E-state index in [0.717, 1.165) is 0 Å². The van der Waals surface area contributed by atoms with Crippen LogP contribution >= 0.6 is 11.3 Å². The number of ether oxygens (including phenoxy) is 1. The molecule has 6 nitrogen and oxygen atoms in total. The fourth-order valence-electron chi connectivity index (χ4n) is 1.29. The first-order valence-corrected chi connectivity index (χ1v) is 6.07. The molecule has 0 bridgehead atoms. The van der Waals surface area contributed by atoms with Crippen LogP contribution < -0.4 is 10.1 Å². The van der Waals surface area contributed by atoms with Gasteiger partial charge in [-0.3, -0.25) is 9.59 Å². The number of carboxylic acid groups (broad SMARTS) is 1. The normalized spacial score (nSPS) is 13.7. The van der Waals surface area contributed by atoms with E-state index in [-0.39, 0.29) is 12.5 Å². The number of carboxylic acids is 1. The smallest absolute Gasteiger partial charge is 0.306 e. The van der Waals surface area contributed by atoms with Crippen LogP contribution in [0.3, 0.4) is 0 Å². The summed E-state index contributed by atoms with van der Waals surface area (Å²) in [7, 11) is 1.50. The van der Waals surface area contributed by atoms with Gasteiger partial charge in [0.2, 0.25) is 0 Å². The van der Waals surface area contributed by atoms with Gasteiger partial charge < -0.3 is 20.3 Å². The molecule has 100 valence electrons. The molecule has 1 rings (SSSR count). The van der Waals surface area contributed by atoms with E-state index in [1.54, 1.807) is 11.4 Å². The maximum Gasteiger partial charge on any atom is 0.306 e. The topological polar surface area (TPSA) is 95.9 Å². The minimum atomic E-state index is -1.47. The summed E-state index contributed by atoms with van der Waals surface area (Å²) in [6.07, 6.45) is -0.430.